The molecule has 0 aromatic rings. The summed E-state index contributed by atoms with van der Waals surface area (Å²) in [7, 11) is 0. The topological polar surface area (TPSA) is 77.8 Å². The maximum absolute atomic E-state index is 10.6. The van der Waals surface area contributed by atoms with Crippen molar-refractivity contribution in [2.24, 2.45) is 23.7 Å². The molecular formula is C25H38O4. The second-order valence-electron chi connectivity index (χ2n) is 9.14. The SMILES string of the molecule is CC(C)=CCC[C@@H](C)C[C@H](O)C=C[C@H]1[C@H]2CC(C=CCCC(=O)O)=C[C@H]2C[C@H]1O. The lowest BCUT2D eigenvalue weighted by atomic mass is 9.88. The monoisotopic (exact) mass is 402 g/mol. The highest BCUT2D eigenvalue weighted by Gasteiger charge is 2.42. The standard InChI is InChI=1S/C25H38O4/c1-17(2)7-6-8-18(3)13-21(26)11-12-22-23-15-19(9-4-5-10-25(28)29)14-20(23)16-24(22)27/h4,7,9,11-12,14,18,20-24,26-27H,5-6,8,10,13,15-16H2,1-3H3,(H,28,29)/t18-,20+,21-,22+,23+,24-/m1/s1. The van der Waals surface area contributed by atoms with Gasteiger partial charge in [-0.15, -0.1) is 0 Å². The third-order valence-electron chi connectivity index (χ3n) is 6.17. The lowest BCUT2D eigenvalue weighted by Crippen LogP contribution is -2.18. The van der Waals surface area contributed by atoms with Crippen LogP contribution in [0, 0.1) is 23.7 Å². The van der Waals surface area contributed by atoms with Crippen molar-refractivity contribution in [2.75, 3.05) is 0 Å². The predicted octanol–water partition coefficient (Wildman–Crippen LogP) is 5.04. The fraction of sp³-hybridized carbons (Fsp3) is 0.640. The zero-order chi connectivity index (χ0) is 21.4. The average molecular weight is 403 g/mol. The number of fused-ring (bicyclic) bond motifs is 1. The predicted molar refractivity (Wildman–Crippen MR) is 117 cm³/mol. The summed E-state index contributed by atoms with van der Waals surface area (Å²) in [6, 6.07) is 0. The summed E-state index contributed by atoms with van der Waals surface area (Å²) in [6.07, 6.45) is 16.8. The number of aliphatic carboxylic acids is 1. The first-order valence-electron chi connectivity index (χ1n) is 11.0. The van der Waals surface area contributed by atoms with Crippen LogP contribution in [0.2, 0.25) is 0 Å². The molecule has 2 rings (SSSR count). The molecule has 0 unspecified atom stereocenters. The average Bonchev–Trinajstić information content (AvgIpc) is 3.13. The summed E-state index contributed by atoms with van der Waals surface area (Å²) in [5, 5.41) is 29.6. The molecule has 0 heterocycles. The Morgan fingerprint density at radius 3 is 2.76 bits per heavy atom. The lowest BCUT2D eigenvalue weighted by molar-refractivity contribution is -0.136. The van der Waals surface area contributed by atoms with Crippen LogP contribution in [-0.4, -0.2) is 33.5 Å². The molecule has 6 atom stereocenters. The van der Waals surface area contributed by atoms with Gasteiger partial charge in [-0.1, -0.05) is 54.5 Å². The second-order valence-corrected chi connectivity index (χ2v) is 9.14. The molecule has 2 aliphatic rings. The maximum Gasteiger partial charge on any atom is 0.303 e. The van der Waals surface area contributed by atoms with Crippen molar-refractivity contribution in [1.82, 2.24) is 0 Å². The molecule has 0 aromatic heterocycles. The van der Waals surface area contributed by atoms with Gasteiger partial charge in [0.25, 0.3) is 0 Å². The Morgan fingerprint density at radius 2 is 2.07 bits per heavy atom. The normalized spacial score (nSPS) is 28.5. The first-order valence-corrected chi connectivity index (χ1v) is 11.0. The smallest absolute Gasteiger partial charge is 0.303 e. The summed E-state index contributed by atoms with van der Waals surface area (Å²) in [4.78, 5) is 10.6. The Bertz CT molecular complexity index is 654. The number of carboxylic acids is 1. The Balaban J connectivity index is 1.82. The van der Waals surface area contributed by atoms with E-state index in [9.17, 15) is 15.0 Å². The molecule has 0 aliphatic heterocycles. The van der Waals surface area contributed by atoms with Crippen molar-refractivity contribution in [1.29, 1.82) is 0 Å². The van der Waals surface area contributed by atoms with E-state index in [-0.39, 0.29) is 18.4 Å². The largest absolute Gasteiger partial charge is 0.481 e. The van der Waals surface area contributed by atoms with Crippen molar-refractivity contribution in [3.63, 3.8) is 0 Å². The minimum Gasteiger partial charge on any atom is -0.481 e. The number of hydrogen-bond donors (Lipinski definition) is 3. The van der Waals surface area contributed by atoms with Gasteiger partial charge in [0.1, 0.15) is 0 Å². The van der Waals surface area contributed by atoms with E-state index >= 15 is 0 Å². The summed E-state index contributed by atoms with van der Waals surface area (Å²) in [5.41, 5.74) is 2.58. The number of allylic oxidation sites excluding steroid dienone is 6. The van der Waals surface area contributed by atoms with Gasteiger partial charge in [0.05, 0.1) is 12.2 Å². The number of aliphatic hydroxyl groups is 2. The molecule has 4 nitrogen and oxygen atoms in total. The summed E-state index contributed by atoms with van der Waals surface area (Å²) < 4.78 is 0. The van der Waals surface area contributed by atoms with Crippen LogP contribution in [-0.2, 0) is 4.79 Å². The number of hydrogen-bond acceptors (Lipinski definition) is 3. The van der Waals surface area contributed by atoms with E-state index < -0.39 is 12.1 Å². The molecule has 0 radical (unpaired) electrons. The van der Waals surface area contributed by atoms with Gasteiger partial charge < -0.3 is 15.3 Å². The van der Waals surface area contributed by atoms with Gasteiger partial charge in [0, 0.05) is 12.3 Å². The molecule has 0 aromatic carbocycles. The number of rotatable bonds is 11. The second kappa shape index (κ2) is 11.5. The van der Waals surface area contributed by atoms with Gasteiger partial charge in [-0.2, -0.15) is 0 Å². The molecule has 3 N–H and O–H groups in total. The van der Waals surface area contributed by atoms with E-state index in [1.54, 1.807) is 0 Å². The highest BCUT2D eigenvalue weighted by atomic mass is 16.4. The summed E-state index contributed by atoms with van der Waals surface area (Å²) in [6.45, 7) is 6.40. The number of carboxylic acid groups (broad SMARTS) is 1. The Labute approximate surface area is 175 Å². The molecule has 0 amide bonds. The molecular weight excluding hydrogens is 364 g/mol. The van der Waals surface area contributed by atoms with Crippen molar-refractivity contribution in [3.05, 3.63) is 47.6 Å². The molecule has 1 fully saturated rings. The minimum absolute atomic E-state index is 0.0804. The van der Waals surface area contributed by atoms with Gasteiger partial charge in [-0.05, 0) is 70.1 Å². The molecule has 162 valence electrons. The van der Waals surface area contributed by atoms with E-state index in [1.807, 2.05) is 24.3 Å². The molecule has 0 spiro atoms. The van der Waals surface area contributed by atoms with Crippen molar-refractivity contribution in [3.8, 4) is 0 Å². The molecule has 0 bridgehead atoms. The molecule has 4 heteroatoms. The van der Waals surface area contributed by atoms with Crippen LogP contribution in [0.25, 0.3) is 0 Å². The molecule has 1 saturated carbocycles. The van der Waals surface area contributed by atoms with Gasteiger partial charge in [0.2, 0.25) is 0 Å². The highest BCUT2D eigenvalue weighted by Crippen LogP contribution is 2.47. The lowest BCUT2D eigenvalue weighted by Gasteiger charge is -2.19. The van der Waals surface area contributed by atoms with Crippen LogP contribution in [0.1, 0.15) is 65.7 Å². The maximum atomic E-state index is 10.6. The summed E-state index contributed by atoms with van der Waals surface area (Å²) in [5.74, 6) is 0.519. The van der Waals surface area contributed by atoms with Crippen LogP contribution < -0.4 is 0 Å². The van der Waals surface area contributed by atoms with Crippen molar-refractivity contribution >= 4 is 5.97 Å². The van der Waals surface area contributed by atoms with E-state index in [0.717, 1.165) is 32.1 Å². The van der Waals surface area contributed by atoms with Crippen LogP contribution in [0.4, 0.5) is 0 Å². The Kier molecular flexibility index (Phi) is 9.38. The Hall–Kier alpha value is -1.65. The highest BCUT2D eigenvalue weighted by molar-refractivity contribution is 5.66. The number of aliphatic hydroxyl groups excluding tert-OH is 2. The van der Waals surface area contributed by atoms with Gasteiger partial charge in [-0.3, -0.25) is 4.79 Å². The number of carbonyl (C=O) groups is 1. The summed E-state index contributed by atoms with van der Waals surface area (Å²) >= 11 is 0. The zero-order valence-electron chi connectivity index (χ0n) is 18.1. The Morgan fingerprint density at radius 1 is 1.31 bits per heavy atom. The van der Waals surface area contributed by atoms with Crippen molar-refractivity contribution < 1.29 is 20.1 Å². The van der Waals surface area contributed by atoms with Gasteiger partial charge >= 0.3 is 5.97 Å². The zero-order valence-corrected chi connectivity index (χ0v) is 18.1. The van der Waals surface area contributed by atoms with E-state index in [4.69, 9.17) is 5.11 Å². The van der Waals surface area contributed by atoms with Crippen LogP contribution >= 0.6 is 0 Å². The van der Waals surface area contributed by atoms with E-state index in [2.05, 4.69) is 32.9 Å². The fourth-order valence-corrected chi connectivity index (χ4v) is 4.63. The van der Waals surface area contributed by atoms with Crippen LogP contribution in [0.5, 0.6) is 0 Å². The third kappa shape index (κ3) is 7.94. The van der Waals surface area contributed by atoms with Crippen molar-refractivity contribution in [2.45, 2.75) is 77.9 Å². The molecule has 0 saturated heterocycles. The van der Waals surface area contributed by atoms with E-state index in [0.29, 0.717) is 24.2 Å². The third-order valence-corrected chi connectivity index (χ3v) is 6.17. The van der Waals surface area contributed by atoms with E-state index in [1.165, 1.54) is 11.1 Å². The minimum atomic E-state index is -0.773. The van der Waals surface area contributed by atoms with Gasteiger partial charge in [0.15, 0.2) is 0 Å². The quantitative estimate of drug-likeness (QED) is 0.423. The van der Waals surface area contributed by atoms with Crippen LogP contribution in [0.15, 0.2) is 47.6 Å². The first-order chi connectivity index (χ1) is 13.8. The molecule has 2 aliphatic carbocycles. The molecule has 29 heavy (non-hydrogen) atoms. The van der Waals surface area contributed by atoms with Gasteiger partial charge in [-0.25, -0.2) is 0 Å². The van der Waals surface area contributed by atoms with Crippen LogP contribution in [0.3, 0.4) is 0 Å². The fourth-order valence-electron chi connectivity index (χ4n) is 4.63. The first kappa shape index (κ1) is 23.6.